The normalized spacial score (nSPS) is 17.9. The lowest BCUT2D eigenvalue weighted by atomic mass is 10.0. The highest BCUT2D eigenvalue weighted by molar-refractivity contribution is 6.33. The Morgan fingerprint density at radius 2 is 1.58 bits per heavy atom. The predicted molar refractivity (Wildman–Crippen MR) is 130 cm³/mol. The molecule has 1 heterocycles. The van der Waals surface area contributed by atoms with Gasteiger partial charge in [-0.05, 0) is 48.6 Å². The first kappa shape index (κ1) is 23.5. The molecule has 2 aliphatic rings. The number of hydrogen-bond donors (Lipinski definition) is 2. The van der Waals surface area contributed by atoms with Gasteiger partial charge < -0.3 is 15.4 Å². The molecule has 1 saturated carbocycles. The molecule has 33 heavy (non-hydrogen) atoms. The number of ether oxygens (including phenoxy) is 1. The van der Waals surface area contributed by atoms with E-state index in [-0.39, 0.29) is 17.9 Å². The predicted octanol–water partition coefficient (Wildman–Crippen LogP) is 3.17. The smallest absolute Gasteiger partial charge is 0.238 e. The quantitative estimate of drug-likeness (QED) is 0.589. The number of methoxy groups -OCH3 is 1. The lowest BCUT2D eigenvalue weighted by Gasteiger charge is -2.34. The van der Waals surface area contributed by atoms with Crippen molar-refractivity contribution in [2.45, 2.75) is 18.9 Å². The SMILES string of the molecule is COc1ccc(C(NC(=O)CN2CCN(CC(=O)Nc3ccccc3Cl)CC2)C2CC2)cc1. The van der Waals surface area contributed by atoms with Crippen LogP contribution in [0.25, 0.3) is 0 Å². The third-order valence-electron chi connectivity index (χ3n) is 6.23. The van der Waals surface area contributed by atoms with E-state index >= 15 is 0 Å². The van der Waals surface area contributed by atoms with Crippen LogP contribution in [0, 0.1) is 5.92 Å². The van der Waals surface area contributed by atoms with Gasteiger partial charge in [0.2, 0.25) is 11.8 Å². The van der Waals surface area contributed by atoms with Gasteiger partial charge in [-0.2, -0.15) is 0 Å². The number of rotatable bonds is 9. The van der Waals surface area contributed by atoms with E-state index in [1.54, 1.807) is 19.2 Å². The molecule has 7 nitrogen and oxygen atoms in total. The van der Waals surface area contributed by atoms with Gasteiger partial charge >= 0.3 is 0 Å². The number of benzene rings is 2. The van der Waals surface area contributed by atoms with Gasteiger partial charge in [0.1, 0.15) is 5.75 Å². The van der Waals surface area contributed by atoms with E-state index in [0.29, 0.717) is 29.7 Å². The van der Waals surface area contributed by atoms with Gasteiger partial charge in [-0.1, -0.05) is 35.9 Å². The Labute approximate surface area is 200 Å². The molecule has 2 amide bonds. The van der Waals surface area contributed by atoms with Crippen LogP contribution in [0.15, 0.2) is 48.5 Å². The minimum atomic E-state index is -0.0824. The lowest BCUT2D eigenvalue weighted by Crippen LogP contribution is -2.51. The number of amides is 2. The maximum Gasteiger partial charge on any atom is 0.238 e. The number of nitrogens with one attached hydrogen (secondary N) is 2. The number of carbonyl (C=O) groups is 2. The first-order valence-electron chi connectivity index (χ1n) is 11.4. The number of hydrogen-bond acceptors (Lipinski definition) is 5. The highest BCUT2D eigenvalue weighted by Crippen LogP contribution is 2.41. The number of piperazine rings is 1. The lowest BCUT2D eigenvalue weighted by molar-refractivity contribution is -0.124. The molecule has 0 spiro atoms. The van der Waals surface area contributed by atoms with Gasteiger partial charge in [0.05, 0.1) is 37.0 Å². The molecule has 8 heteroatoms. The van der Waals surface area contributed by atoms with Crippen molar-refractivity contribution in [1.29, 1.82) is 0 Å². The summed E-state index contributed by atoms with van der Waals surface area (Å²) in [4.78, 5) is 29.4. The molecule has 2 aromatic rings. The van der Waals surface area contributed by atoms with Crippen molar-refractivity contribution in [1.82, 2.24) is 15.1 Å². The summed E-state index contributed by atoms with van der Waals surface area (Å²) in [7, 11) is 1.65. The molecule has 2 aromatic carbocycles. The van der Waals surface area contributed by atoms with E-state index in [2.05, 4.69) is 20.4 Å². The second kappa shape index (κ2) is 11.0. The Morgan fingerprint density at radius 3 is 2.15 bits per heavy atom. The largest absolute Gasteiger partial charge is 0.497 e. The van der Waals surface area contributed by atoms with Crippen LogP contribution in [0.2, 0.25) is 5.02 Å². The van der Waals surface area contributed by atoms with Crippen LogP contribution in [0.1, 0.15) is 24.4 Å². The summed E-state index contributed by atoms with van der Waals surface area (Å²) >= 11 is 6.11. The number of halogens is 1. The molecular formula is C25H31ClN4O3. The Balaban J connectivity index is 1.21. The molecule has 1 saturated heterocycles. The van der Waals surface area contributed by atoms with Crippen LogP contribution in [0.3, 0.4) is 0 Å². The number of para-hydroxylation sites is 1. The first-order valence-corrected chi connectivity index (χ1v) is 11.8. The van der Waals surface area contributed by atoms with Crippen molar-refractivity contribution < 1.29 is 14.3 Å². The van der Waals surface area contributed by atoms with E-state index < -0.39 is 0 Å². The van der Waals surface area contributed by atoms with Crippen LogP contribution in [0.4, 0.5) is 5.69 Å². The monoisotopic (exact) mass is 470 g/mol. The zero-order valence-corrected chi connectivity index (χ0v) is 19.7. The van der Waals surface area contributed by atoms with Gasteiger partial charge in [0.25, 0.3) is 0 Å². The fourth-order valence-corrected chi connectivity index (χ4v) is 4.38. The summed E-state index contributed by atoms with van der Waals surface area (Å²) in [6.07, 6.45) is 2.29. The van der Waals surface area contributed by atoms with Crippen LogP contribution in [-0.4, -0.2) is 68.0 Å². The Kier molecular flexibility index (Phi) is 7.85. The molecule has 0 aromatic heterocycles. The molecule has 176 valence electrons. The maximum absolute atomic E-state index is 12.8. The summed E-state index contributed by atoms with van der Waals surface area (Å²) in [5, 5.41) is 6.64. The number of carbonyl (C=O) groups excluding carboxylic acids is 2. The van der Waals surface area contributed by atoms with Crippen LogP contribution in [-0.2, 0) is 9.59 Å². The van der Waals surface area contributed by atoms with Gasteiger partial charge in [0, 0.05) is 26.2 Å². The van der Waals surface area contributed by atoms with Gasteiger partial charge in [0.15, 0.2) is 0 Å². The average molecular weight is 471 g/mol. The standard InChI is InChI=1S/C25H31ClN4O3/c1-33-20-10-8-19(9-11-20)25(18-6-7-18)28-24(32)17-30-14-12-29(13-15-30)16-23(31)27-22-5-3-2-4-21(22)26/h2-5,8-11,18,25H,6-7,12-17H2,1H3,(H,27,31)(H,28,32). The van der Waals surface area contributed by atoms with E-state index in [1.807, 2.05) is 36.4 Å². The summed E-state index contributed by atoms with van der Waals surface area (Å²) in [6.45, 7) is 3.68. The minimum Gasteiger partial charge on any atom is -0.497 e. The van der Waals surface area contributed by atoms with Crippen LogP contribution in [0.5, 0.6) is 5.75 Å². The van der Waals surface area contributed by atoms with Crippen molar-refractivity contribution in [3.63, 3.8) is 0 Å². The molecule has 0 radical (unpaired) electrons. The third kappa shape index (κ3) is 6.69. The Hall–Kier alpha value is -2.61. The third-order valence-corrected chi connectivity index (χ3v) is 6.56. The summed E-state index contributed by atoms with van der Waals surface area (Å²) < 4.78 is 5.25. The Bertz CT molecular complexity index is 956. The minimum absolute atomic E-state index is 0.0487. The molecule has 1 aliphatic carbocycles. The summed E-state index contributed by atoms with van der Waals surface area (Å²) in [5.74, 6) is 1.29. The van der Waals surface area contributed by atoms with Crippen molar-refractivity contribution in [3.05, 3.63) is 59.1 Å². The van der Waals surface area contributed by atoms with Gasteiger partial charge in [-0.25, -0.2) is 0 Å². The molecular weight excluding hydrogens is 440 g/mol. The van der Waals surface area contributed by atoms with E-state index in [0.717, 1.165) is 50.3 Å². The van der Waals surface area contributed by atoms with E-state index in [9.17, 15) is 9.59 Å². The van der Waals surface area contributed by atoms with Crippen molar-refractivity contribution in [3.8, 4) is 5.75 Å². The highest BCUT2D eigenvalue weighted by Gasteiger charge is 2.33. The summed E-state index contributed by atoms with van der Waals surface area (Å²) in [5.41, 5.74) is 1.75. The first-order chi connectivity index (χ1) is 16.0. The molecule has 1 aliphatic heterocycles. The molecule has 2 fully saturated rings. The molecule has 1 unspecified atom stereocenters. The van der Waals surface area contributed by atoms with Crippen molar-refractivity contribution in [2.75, 3.05) is 51.7 Å². The second-order valence-corrected chi connectivity index (χ2v) is 9.14. The average Bonchev–Trinajstić information content (AvgIpc) is 3.66. The van der Waals surface area contributed by atoms with E-state index in [1.165, 1.54) is 0 Å². The molecule has 1 atom stereocenters. The summed E-state index contributed by atoms with van der Waals surface area (Å²) in [6, 6.07) is 15.2. The highest BCUT2D eigenvalue weighted by atomic mass is 35.5. The molecule has 2 N–H and O–H groups in total. The van der Waals surface area contributed by atoms with Crippen LogP contribution >= 0.6 is 11.6 Å². The topological polar surface area (TPSA) is 73.9 Å². The zero-order valence-electron chi connectivity index (χ0n) is 18.9. The number of anilines is 1. The van der Waals surface area contributed by atoms with Crippen molar-refractivity contribution in [2.24, 2.45) is 5.92 Å². The van der Waals surface area contributed by atoms with Gasteiger partial charge in [-0.3, -0.25) is 19.4 Å². The second-order valence-electron chi connectivity index (χ2n) is 8.74. The van der Waals surface area contributed by atoms with Crippen molar-refractivity contribution >= 4 is 29.1 Å². The fourth-order valence-electron chi connectivity index (χ4n) is 4.20. The molecule has 4 rings (SSSR count). The van der Waals surface area contributed by atoms with E-state index in [4.69, 9.17) is 16.3 Å². The molecule has 0 bridgehead atoms. The fraction of sp³-hybridized carbons (Fsp3) is 0.440. The zero-order chi connectivity index (χ0) is 23.2. The van der Waals surface area contributed by atoms with Gasteiger partial charge in [-0.15, -0.1) is 0 Å². The Morgan fingerprint density at radius 1 is 0.970 bits per heavy atom. The van der Waals surface area contributed by atoms with Crippen LogP contribution < -0.4 is 15.4 Å². The maximum atomic E-state index is 12.8. The number of nitrogens with zero attached hydrogens (tertiary/aromatic N) is 2.